The lowest BCUT2D eigenvalue weighted by molar-refractivity contribution is -0.121. The Bertz CT molecular complexity index is 883. The molecule has 0 aliphatic rings. The highest BCUT2D eigenvalue weighted by atomic mass is 32.2. The Morgan fingerprint density at radius 2 is 1.74 bits per heavy atom. The van der Waals surface area contributed by atoms with E-state index in [4.69, 9.17) is 0 Å². The Hall–Kier alpha value is -2.94. The number of nitrogens with one attached hydrogen (secondary N) is 1. The maximum absolute atomic E-state index is 12.1. The van der Waals surface area contributed by atoms with Crippen LogP contribution in [0.25, 0.3) is 0 Å². The molecule has 1 heterocycles. The third kappa shape index (κ3) is 6.07. The molecule has 2 aromatic rings. The number of benzene rings is 1. The lowest BCUT2D eigenvalue weighted by Gasteiger charge is -2.22. The maximum Gasteiger partial charge on any atom is 0.337 e. The van der Waals surface area contributed by atoms with Gasteiger partial charge in [0.1, 0.15) is 0 Å². The topological polar surface area (TPSA) is 106 Å². The Kier molecular flexibility index (Phi) is 6.89. The van der Waals surface area contributed by atoms with Gasteiger partial charge in [0.2, 0.25) is 15.9 Å². The molecule has 0 saturated heterocycles. The van der Waals surface area contributed by atoms with Crippen molar-refractivity contribution in [3.63, 3.8) is 0 Å². The number of ether oxygens (including phenoxy) is 1. The molecule has 1 aromatic carbocycles. The predicted octanol–water partition coefficient (Wildman–Crippen LogP) is 1.34. The first kappa shape index (κ1) is 20.4. The SMILES string of the molecule is COC(=O)c1ccc(N(CCC(=O)NCc2ccncc2)S(C)(=O)=O)cc1. The number of aromatic nitrogens is 1. The zero-order valence-corrected chi connectivity index (χ0v) is 15.9. The van der Waals surface area contributed by atoms with Gasteiger partial charge in [0.25, 0.3) is 0 Å². The van der Waals surface area contributed by atoms with Gasteiger partial charge in [0, 0.05) is 31.9 Å². The van der Waals surface area contributed by atoms with Crippen LogP contribution < -0.4 is 9.62 Å². The fourth-order valence-corrected chi connectivity index (χ4v) is 3.29. The van der Waals surface area contributed by atoms with Crippen molar-refractivity contribution in [2.45, 2.75) is 13.0 Å². The van der Waals surface area contributed by atoms with Crippen molar-refractivity contribution in [2.75, 3.05) is 24.2 Å². The average molecular weight is 391 g/mol. The Balaban J connectivity index is 2.00. The molecule has 8 nitrogen and oxygen atoms in total. The summed E-state index contributed by atoms with van der Waals surface area (Å²) in [5.41, 5.74) is 1.58. The van der Waals surface area contributed by atoms with Gasteiger partial charge < -0.3 is 10.1 Å². The fraction of sp³-hybridized carbons (Fsp3) is 0.278. The van der Waals surface area contributed by atoms with Gasteiger partial charge in [-0.05, 0) is 42.0 Å². The van der Waals surface area contributed by atoms with Crippen LogP contribution in [-0.2, 0) is 26.1 Å². The Morgan fingerprint density at radius 1 is 1.11 bits per heavy atom. The number of hydrogen-bond acceptors (Lipinski definition) is 6. The van der Waals surface area contributed by atoms with Crippen molar-refractivity contribution in [3.8, 4) is 0 Å². The van der Waals surface area contributed by atoms with Crippen molar-refractivity contribution in [1.82, 2.24) is 10.3 Å². The van der Waals surface area contributed by atoms with E-state index in [-0.39, 0.29) is 18.9 Å². The molecular weight excluding hydrogens is 370 g/mol. The lowest BCUT2D eigenvalue weighted by Crippen LogP contribution is -2.34. The summed E-state index contributed by atoms with van der Waals surface area (Å²) in [6, 6.07) is 9.52. The summed E-state index contributed by atoms with van der Waals surface area (Å²) in [5, 5.41) is 2.74. The van der Waals surface area contributed by atoms with Crippen LogP contribution in [0.2, 0.25) is 0 Å². The number of anilines is 1. The van der Waals surface area contributed by atoms with Gasteiger partial charge in [-0.1, -0.05) is 0 Å². The van der Waals surface area contributed by atoms with Crippen molar-refractivity contribution in [3.05, 3.63) is 59.9 Å². The average Bonchev–Trinajstić information content (AvgIpc) is 2.66. The van der Waals surface area contributed by atoms with Crippen LogP contribution in [0.5, 0.6) is 0 Å². The van der Waals surface area contributed by atoms with E-state index >= 15 is 0 Å². The van der Waals surface area contributed by atoms with Crippen LogP contribution in [0.3, 0.4) is 0 Å². The molecule has 0 radical (unpaired) electrons. The summed E-state index contributed by atoms with van der Waals surface area (Å²) in [4.78, 5) is 27.4. The van der Waals surface area contributed by atoms with Gasteiger partial charge in [0.15, 0.2) is 0 Å². The van der Waals surface area contributed by atoms with Gasteiger partial charge in [-0.2, -0.15) is 0 Å². The normalized spacial score (nSPS) is 10.9. The van der Waals surface area contributed by atoms with Gasteiger partial charge in [-0.15, -0.1) is 0 Å². The zero-order valence-electron chi connectivity index (χ0n) is 15.1. The van der Waals surface area contributed by atoms with Gasteiger partial charge in [-0.25, -0.2) is 13.2 Å². The molecule has 144 valence electrons. The quantitative estimate of drug-likeness (QED) is 0.681. The Labute approximate surface area is 158 Å². The molecule has 0 saturated carbocycles. The molecular formula is C18H21N3O5S. The highest BCUT2D eigenvalue weighted by Crippen LogP contribution is 2.19. The number of nitrogens with zero attached hydrogens (tertiary/aromatic N) is 2. The smallest absolute Gasteiger partial charge is 0.337 e. The van der Waals surface area contributed by atoms with Gasteiger partial charge in [-0.3, -0.25) is 14.1 Å². The Morgan fingerprint density at radius 3 is 2.30 bits per heavy atom. The maximum atomic E-state index is 12.1. The van der Waals surface area contributed by atoms with E-state index < -0.39 is 16.0 Å². The van der Waals surface area contributed by atoms with E-state index in [1.165, 1.54) is 31.4 Å². The summed E-state index contributed by atoms with van der Waals surface area (Å²) < 4.78 is 29.9. The summed E-state index contributed by atoms with van der Waals surface area (Å²) >= 11 is 0. The van der Waals surface area contributed by atoms with Crippen LogP contribution in [0.1, 0.15) is 22.3 Å². The molecule has 0 fully saturated rings. The lowest BCUT2D eigenvalue weighted by atomic mass is 10.2. The number of esters is 1. The number of amides is 1. The van der Waals surface area contributed by atoms with Crippen LogP contribution in [0.15, 0.2) is 48.8 Å². The second-order valence-corrected chi connectivity index (χ2v) is 7.66. The number of rotatable bonds is 8. The van der Waals surface area contributed by atoms with Crippen molar-refractivity contribution < 1.29 is 22.7 Å². The molecule has 2 rings (SSSR count). The van der Waals surface area contributed by atoms with Crippen molar-refractivity contribution in [2.24, 2.45) is 0 Å². The monoisotopic (exact) mass is 391 g/mol. The second-order valence-electron chi connectivity index (χ2n) is 5.76. The second kappa shape index (κ2) is 9.13. The molecule has 0 atom stereocenters. The number of sulfonamides is 1. The van der Waals surface area contributed by atoms with E-state index in [9.17, 15) is 18.0 Å². The van der Waals surface area contributed by atoms with E-state index in [2.05, 4.69) is 15.0 Å². The first-order chi connectivity index (χ1) is 12.8. The number of hydrogen-bond donors (Lipinski definition) is 1. The van der Waals surface area contributed by atoms with E-state index in [1.54, 1.807) is 24.5 Å². The molecule has 1 aromatic heterocycles. The van der Waals surface area contributed by atoms with Gasteiger partial charge in [0.05, 0.1) is 24.6 Å². The number of carbonyl (C=O) groups is 2. The number of methoxy groups -OCH3 is 1. The fourth-order valence-electron chi connectivity index (χ4n) is 2.36. The van der Waals surface area contributed by atoms with Gasteiger partial charge >= 0.3 is 5.97 Å². The highest BCUT2D eigenvalue weighted by Gasteiger charge is 2.19. The summed E-state index contributed by atoms with van der Waals surface area (Å²) in [6.07, 6.45) is 4.32. The first-order valence-corrected chi connectivity index (χ1v) is 9.98. The molecule has 0 spiro atoms. The van der Waals surface area contributed by atoms with Crippen LogP contribution >= 0.6 is 0 Å². The molecule has 1 N–H and O–H groups in total. The highest BCUT2D eigenvalue weighted by molar-refractivity contribution is 7.92. The standard InChI is InChI=1S/C18H21N3O5S/c1-26-18(23)15-3-5-16(6-4-15)21(27(2,24)25)12-9-17(22)20-13-14-7-10-19-11-8-14/h3-8,10-11H,9,12-13H2,1-2H3,(H,20,22). The number of pyridine rings is 1. The minimum Gasteiger partial charge on any atom is -0.465 e. The van der Waals surface area contributed by atoms with Crippen LogP contribution in [0, 0.1) is 0 Å². The molecule has 27 heavy (non-hydrogen) atoms. The third-order valence-corrected chi connectivity index (χ3v) is 4.95. The number of carbonyl (C=O) groups excluding carboxylic acids is 2. The molecule has 0 bridgehead atoms. The zero-order chi connectivity index (χ0) is 19.9. The molecule has 0 unspecified atom stereocenters. The first-order valence-electron chi connectivity index (χ1n) is 8.13. The minimum atomic E-state index is -3.59. The van der Waals surface area contributed by atoms with E-state index in [0.29, 0.717) is 17.8 Å². The van der Waals surface area contributed by atoms with Crippen molar-refractivity contribution >= 4 is 27.6 Å². The summed E-state index contributed by atoms with van der Waals surface area (Å²) in [6.45, 7) is 0.326. The molecule has 9 heteroatoms. The molecule has 0 aliphatic carbocycles. The summed E-state index contributed by atoms with van der Waals surface area (Å²) in [7, 11) is -2.32. The molecule has 0 aliphatic heterocycles. The van der Waals surface area contributed by atoms with Crippen LogP contribution in [0.4, 0.5) is 5.69 Å². The van der Waals surface area contributed by atoms with Crippen LogP contribution in [-0.4, -0.2) is 45.2 Å². The van der Waals surface area contributed by atoms with Crippen molar-refractivity contribution in [1.29, 1.82) is 0 Å². The third-order valence-electron chi connectivity index (χ3n) is 3.76. The van der Waals surface area contributed by atoms with E-state index in [0.717, 1.165) is 16.1 Å². The predicted molar refractivity (Wildman–Crippen MR) is 101 cm³/mol. The van der Waals surface area contributed by atoms with E-state index in [1.807, 2.05) is 0 Å². The molecule has 1 amide bonds. The largest absolute Gasteiger partial charge is 0.465 e. The summed E-state index contributed by atoms with van der Waals surface area (Å²) in [5.74, 6) is -0.783. The minimum absolute atomic E-state index is 0.00307.